The molecule has 0 saturated heterocycles. The molecule has 1 heterocycles. The van der Waals surface area contributed by atoms with Crippen LogP contribution in [-0.4, -0.2) is 4.98 Å². The number of hydrogen-bond acceptors (Lipinski definition) is 4. The molecule has 1 aromatic heterocycles. The van der Waals surface area contributed by atoms with Gasteiger partial charge in [0.25, 0.3) is 0 Å². The summed E-state index contributed by atoms with van der Waals surface area (Å²) in [5.74, 6) is 0. The molecule has 3 nitrogen and oxygen atoms in total. The summed E-state index contributed by atoms with van der Waals surface area (Å²) >= 11 is 5.00. The van der Waals surface area contributed by atoms with Crippen LogP contribution in [-0.2, 0) is 6.54 Å². The number of thiazole rings is 1. The Labute approximate surface area is 106 Å². The summed E-state index contributed by atoms with van der Waals surface area (Å²) < 4.78 is 0.891. The molecule has 0 aliphatic carbocycles. The molecule has 0 unspecified atom stereocenters. The highest BCUT2D eigenvalue weighted by Crippen LogP contribution is 2.23. The second kappa shape index (κ2) is 5.10. The molecule has 2 aromatic rings. The number of benzene rings is 1. The Bertz CT molecular complexity index is 517. The summed E-state index contributed by atoms with van der Waals surface area (Å²) in [4.78, 5) is 4.18. The number of nitriles is 1. The summed E-state index contributed by atoms with van der Waals surface area (Å²) in [6.07, 6.45) is 0. The minimum atomic E-state index is 0.645. The van der Waals surface area contributed by atoms with Crippen LogP contribution >= 0.6 is 27.3 Å². The van der Waals surface area contributed by atoms with Gasteiger partial charge in [0.2, 0.25) is 0 Å². The summed E-state index contributed by atoms with van der Waals surface area (Å²) in [7, 11) is 0. The molecule has 0 aliphatic rings. The van der Waals surface area contributed by atoms with Crippen molar-refractivity contribution in [2.75, 3.05) is 5.32 Å². The SMILES string of the molecule is N#Cc1ccc(NCc2cscn2)c(Br)c1. The Hall–Kier alpha value is -1.38. The van der Waals surface area contributed by atoms with E-state index in [-0.39, 0.29) is 0 Å². The molecule has 0 saturated carbocycles. The maximum absolute atomic E-state index is 8.73. The summed E-state index contributed by atoms with van der Waals surface area (Å²) in [6, 6.07) is 7.56. The number of aromatic nitrogens is 1. The molecule has 0 spiro atoms. The van der Waals surface area contributed by atoms with Crippen LogP contribution < -0.4 is 5.32 Å². The van der Waals surface area contributed by atoms with Gasteiger partial charge in [-0.05, 0) is 34.1 Å². The van der Waals surface area contributed by atoms with E-state index in [0.29, 0.717) is 12.1 Å². The lowest BCUT2D eigenvalue weighted by Gasteiger charge is -2.06. The van der Waals surface area contributed by atoms with Crippen molar-refractivity contribution in [1.82, 2.24) is 4.98 Å². The minimum absolute atomic E-state index is 0.645. The molecule has 0 amide bonds. The second-order valence-electron chi connectivity index (χ2n) is 3.14. The average molecular weight is 294 g/mol. The molecule has 0 fully saturated rings. The molecule has 5 heteroatoms. The van der Waals surface area contributed by atoms with Crippen molar-refractivity contribution < 1.29 is 0 Å². The van der Waals surface area contributed by atoms with Gasteiger partial charge in [-0.1, -0.05) is 0 Å². The number of nitrogens with zero attached hydrogens (tertiary/aromatic N) is 2. The highest BCUT2D eigenvalue weighted by Gasteiger charge is 2.01. The molecule has 0 bridgehead atoms. The first-order valence-electron chi connectivity index (χ1n) is 4.60. The van der Waals surface area contributed by atoms with E-state index >= 15 is 0 Å². The van der Waals surface area contributed by atoms with Crippen molar-refractivity contribution in [1.29, 1.82) is 5.26 Å². The normalized spacial score (nSPS) is 9.75. The zero-order chi connectivity index (χ0) is 11.4. The number of halogens is 1. The molecule has 80 valence electrons. The molecular weight excluding hydrogens is 286 g/mol. The van der Waals surface area contributed by atoms with Crippen molar-refractivity contribution in [3.8, 4) is 6.07 Å². The fraction of sp³-hybridized carbons (Fsp3) is 0.0909. The molecule has 0 aliphatic heterocycles. The molecule has 1 aromatic carbocycles. The number of nitrogens with one attached hydrogen (secondary N) is 1. The highest BCUT2D eigenvalue weighted by atomic mass is 79.9. The van der Waals surface area contributed by atoms with E-state index in [1.54, 1.807) is 23.5 Å². The van der Waals surface area contributed by atoms with Gasteiger partial charge in [0.05, 0.1) is 29.4 Å². The van der Waals surface area contributed by atoms with E-state index in [9.17, 15) is 0 Å². The van der Waals surface area contributed by atoms with Gasteiger partial charge >= 0.3 is 0 Å². The van der Waals surface area contributed by atoms with Crippen LogP contribution in [0.5, 0.6) is 0 Å². The molecule has 16 heavy (non-hydrogen) atoms. The van der Waals surface area contributed by atoms with Crippen LogP contribution in [0.3, 0.4) is 0 Å². The van der Waals surface area contributed by atoms with Crippen LogP contribution in [0.25, 0.3) is 0 Å². The van der Waals surface area contributed by atoms with Gasteiger partial charge < -0.3 is 5.32 Å². The first kappa shape index (κ1) is 11.1. The zero-order valence-corrected chi connectivity index (χ0v) is 10.7. The molecule has 0 radical (unpaired) electrons. The van der Waals surface area contributed by atoms with Gasteiger partial charge in [0.1, 0.15) is 0 Å². The smallest absolute Gasteiger partial charge is 0.0992 e. The molecule has 1 N–H and O–H groups in total. The van der Waals surface area contributed by atoms with Gasteiger partial charge in [0.15, 0.2) is 0 Å². The lowest BCUT2D eigenvalue weighted by Crippen LogP contribution is -2.00. The molecular formula is C11H8BrN3S. The van der Waals surface area contributed by atoms with E-state index in [0.717, 1.165) is 15.9 Å². The second-order valence-corrected chi connectivity index (χ2v) is 4.71. The van der Waals surface area contributed by atoms with E-state index in [1.165, 1.54) is 0 Å². The quantitative estimate of drug-likeness (QED) is 0.944. The number of anilines is 1. The van der Waals surface area contributed by atoms with E-state index in [1.807, 2.05) is 17.0 Å². The van der Waals surface area contributed by atoms with Crippen molar-refractivity contribution in [2.24, 2.45) is 0 Å². The van der Waals surface area contributed by atoms with Gasteiger partial charge in [-0.15, -0.1) is 11.3 Å². The number of hydrogen-bond donors (Lipinski definition) is 1. The van der Waals surface area contributed by atoms with Crippen LogP contribution in [0, 0.1) is 11.3 Å². The largest absolute Gasteiger partial charge is 0.378 e. The van der Waals surface area contributed by atoms with Crippen molar-refractivity contribution >= 4 is 33.0 Å². The van der Waals surface area contributed by atoms with Gasteiger partial charge in [0, 0.05) is 15.5 Å². The Morgan fingerprint density at radius 1 is 1.50 bits per heavy atom. The summed E-state index contributed by atoms with van der Waals surface area (Å²) in [5.41, 5.74) is 4.43. The van der Waals surface area contributed by atoms with Crippen molar-refractivity contribution in [3.05, 3.63) is 44.8 Å². The molecule has 0 atom stereocenters. The summed E-state index contributed by atoms with van der Waals surface area (Å²) in [5, 5.41) is 14.0. The van der Waals surface area contributed by atoms with E-state index < -0.39 is 0 Å². The third-order valence-electron chi connectivity index (χ3n) is 2.04. The first-order valence-corrected chi connectivity index (χ1v) is 6.34. The maximum atomic E-state index is 8.73. The summed E-state index contributed by atoms with van der Waals surface area (Å²) in [6.45, 7) is 0.688. The topological polar surface area (TPSA) is 48.7 Å². The molecule has 2 rings (SSSR count). The van der Waals surface area contributed by atoms with Crippen LogP contribution in [0.4, 0.5) is 5.69 Å². The van der Waals surface area contributed by atoms with Gasteiger partial charge in [-0.25, -0.2) is 4.98 Å². The monoisotopic (exact) mass is 293 g/mol. The van der Waals surface area contributed by atoms with Gasteiger partial charge in [-0.3, -0.25) is 0 Å². The standard InChI is InChI=1S/C11H8BrN3S/c12-10-3-8(4-13)1-2-11(10)14-5-9-6-16-7-15-9/h1-3,6-7,14H,5H2. The lowest BCUT2D eigenvalue weighted by molar-refractivity contribution is 1.07. The first-order chi connectivity index (χ1) is 7.79. The van der Waals surface area contributed by atoms with Crippen LogP contribution in [0.1, 0.15) is 11.3 Å². The zero-order valence-electron chi connectivity index (χ0n) is 8.27. The average Bonchev–Trinajstić information content (AvgIpc) is 2.80. The third kappa shape index (κ3) is 2.60. The Balaban J connectivity index is 2.08. The van der Waals surface area contributed by atoms with Crippen molar-refractivity contribution in [3.63, 3.8) is 0 Å². The predicted molar refractivity (Wildman–Crippen MR) is 68.3 cm³/mol. The Morgan fingerprint density at radius 2 is 2.38 bits per heavy atom. The predicted octanol–water partition coefficient (Wildman–Crippen LogP) is 3.39. The Kier molecular flexibility index (Phi) is 3.54. The van der Waals surface area contributed by atoms with Crippen molar-refractivity contribution in [2.45, 2.75) is 6.54 Å². The Morgan fingerprint density at radius 3 is 3.00 bits per heavy atom. The van der Waals surface area contributed by atoms with Crippen LogP contribution in [0.15, 0.2) is 33.6 Å². The fourth-order valence-electron chi connectivity index (χ4n) is 1.24. The minimum Gasteiger partial charge on any atom is -0.378 e. The highest BCUT2D eigenvalue weighted by molar-refractivity contribution is 9.10. The lowest BCUT2D eigenvalue weighted by atomic mass is 10.2. The number of rotatable bonds is 3. The van der Waals surface area contributed by atoms with E-state index in [2.05, 4.69) is 32.3 Å². The fourth-order valence-corrected chi connectivity index (χ4v) is 2.32. The van der Waals surface area contributed by atoms with E-state index in [4.69, 9.17) is 5.26 Å². The maximum Gasteiger partial charge on any atom is 0.0992 e. The van der Waals surface area contributed by atoms with Gasteiger partial charge in [-0.2, -0.15) is 5.26 Å². The third-order valence-corrected chi connectivity index (χ3v) is 3.33. The van der Waals surface area contributed by atoms with Crippen LogP contribution in [0.2, 0.25) is 0 Å².